The Morgan fingerprint density at radius 2 is 1.42 bits per heavy atom. The van der Waals surface area contributed by atoms with Gasteiger partial charge in [-0.3, -0.25) is 0 Å². The molecule has 0 spiro atoms. The number of aliphatic hydroxyl groups is 1. The number of hydrogen-bond acceptors (Lipinski definition) is 3. The molecule has 0 aliphatic carbocycles. The Morgan fingerprint density at radius 3 is 1.88 bits per heavy atom. The summed E-state index contributed by atoms with van der Waals surface area (Å²) in [6.07, 6.45) is 0.487. The molecular formula is C19H22FO3W-. The van der Waals surface area contributed by atoms with Crippen LogP contribution in [0.3, 0.4) is 0 Å². The third kappa shape index (κ3) is 7.02. The molecule has 2 aromatic carbocycles. The second-order valence-corrected chi connectivity index (χ2v) is 5.29. The fraction of sp³-hybridized carbons (Fsp3) is 0.316. The molecule has 0 saturated carbocycles. The summed E-state index contributed by atoms with van der Waals surface area (Å²) in [6, 6.07) is 15.6. The molecule has 0 bridgehead atoms. The zero-order valence-corrected chi connectivity index (χ0v) is 16.4. The standard InChI is InChI=1S/C19H22FO3.W/c1-2-11-22-18-7-3-15(4-8-18)12-16-5-9-19(10-6-16)23-14-17(21)13-20;/h3-10,17,21H,1-2,11-14H2;/q-1;. The molecule has 0 saturated heterocycles. The number of halogens is 1. The van der Waals surface area contributed by atoms with Crippen molar-refractivity contribution in [2.45, 2.75) is 18.9 Å². The van der Waals surface area contributed by atoms with E-state index in [0.29, 0.717) is 12.4 Å². The van der Waals surface area contributed by atoms with E-state index in [9.17, 15) is 4.39 Å². The molecule has 0 aliphatic heterocycles. The van der Waals surface area contributed by atoms with Gasteiger partial charge in [0.1, 0.15) is 30.9 Å². The number of benzene rings is 2. The quantitative estimate of drug-likeness (QED) is 0.535. The van der Waals surface area contributed by atoms with Crippen LogP contribution < -0.4 is 9.47 Å². The third-order valence-corrected chi connectivity index (χ3v) is 3.29. The van der Waals surface area contributed by atoms with Crippen LogP contribution in [-0.4, -0.2) is 31.1 Å². The molecule has 5 heteroatoms. The number of hydrogen-bond donors (Lipinski definition) is 1. The Kier molecular flexibility index (Phi) is 9.66. The minimum absolute atomic E-state index is 0. The molecule has 0 aromatic heterocycles. The van der Waals surface area contributed by atoms with Gasteiger partial charge in [-0.25, -0.2) is 4.39 Å². The average molecular weight is 501 g/mol. The zero-order chi connectivity index (χ0) is 16.5. The number of aliphatic hydroxyl groups excluding tert-OH is 1. The minimum Gasteiger partial charge on any atom is -0.496 e. The second-order valence-electron chi connectivity index (χ2n) is 5.29. The summed E-state index contributed by atoms with van der Waals surface area (Å²) in [5.41, 5.74) is 2.34. The first-order valence-corrected chi connectivity index (χ1v) is 7.68. The molecule has 24 heavy (non-hydrogen) atoms. The first kappa shape index (κ1) is 20.7. The summed E-state index contributed by atoms with van der Waals surface area (Å²) in [5.74, 6) is 1.48. The van der Waals surface area contributed by atoms with Crippen LogP contribution in [0.2, 0.25) is 0 Å². The number of ether oxygens (including phenoxy) is 2. The van der Waals surface area contributed by atoms with Crippen molar-refractivity contribution >= 4 is 0 Å². The monoisotopic (exact) mass is 501 g/mol. The molecular weight excluding hydrogens is 479 g/mol. The van der Waals surface area contributed by atoms with Crippen LogP contribution in [0.5, 0.6) is 11.5 Å². The summed E-state index contributed by atoms with van der Waals surface area (Å²) in [7, 11) is 0. The Hall–Kier alpha value is -1.38. The normalized spacial score (nSPS) is 11.5. The molecule has 0 amide bonds. The number of alkyl halides is 1. The van der Waals surface area contributed by atoms with Crippen LogP contribution in [0.1, 0.15) is 17.5 Å². The Bertz CT molecular complexity index is 572. The molecule has 0 aliphatic rings. The van der Waals surface area contributed by atoms with Crippen molar-refractivity contribution in [3.8, 4) is 11.5 Å². The maximum atomic E-state index is 12.2. The van der Waals surface area contributed by atoms with Crippen molar-refractivity contribution in [3.63, 3.8) is 0 Å². The first-order chi connectivity index (χ1) is 11.2. The fourth-order valence-electron chi connectivity index (χ4n) is 2.07. The summed E-state index contributed by atoms with van der Waals surface area (Å²) in [4.78, 5) is 0. The molecule has 2 aromatic rings. The van der Waals surface area contributed by atoms with Gasteiger partial charge in [-0.15, -0.1) is 6.42 Å². The molecule has 1 atom stereocenters. The van der Waals surface area contributed by atoms with Crippen LogP contribution in [0, 0.1) is 6.92 Å². The van der Waals surface area contributed by atoms with E-state index < -0.39 is 12.8 Å². The third-order valence-electron chi connectivity index (χ3n) is 3.29. The summed E-state index contributed by atoms with van der Waals surface area (Å²) < 4.78 is 23.0. The first-order valence-electron chi connectivity index (χ1n) is 7.68. The predicted octanol–water partition coefficient (Wildman–Crippen LogP) is 3.59. The van der Waals surface area contributed by atoms with E-state index in [1.165, 1.54) is 5.56 Å². The zero-order valence-electron chi connectivity index (χ0n) is 13.5. The van der Waals surface area contributed by atoms with E-state index in [0.717, 1.165) is 24.2 Å². The smallest absolute Gasteiger partial charge is 0.119 e. The van der Waals surface area contributed by atoms with Crippen LogP contribution >= 0.6 is 0 Å². The molecule has 0 heterocycles. The maximum absolute atomic E-state index is 12.2. The van der Waals surface area contributed by atoms with E-state index in [1.54, 1.807) is 0 Å². The van der Waals surface area contributed by atoms with Crippen LogP contribution in [0.4, 0.5) is 4.39 Å². The van der Waals surface area contributed by atoms with Gasteiger partial charge in [0.15, 0.2) is 0 Å². The summed E-state index contributed by atoms with van der Waals surface area (Å²) in [5, 5.41) is 9.13. The van der Waals surface area contributed by atoms with E-state index >= 15 is 0 Å². The Morgan fingerprint density at radius 1 is 0.917 bits per heavy atom. The van der Waals surface area contributed by atoms with E-state index in [4.69, 9.17) is 14.6 Å². The van der Waals surface area contributed by atoms with Crippen LogP contribution in [0.15, 0.2) is 48.5 Å². The van der Waals surface area contributed by atoms with Crippen molar-refractivity contribution in [2.24, 2.45) is 0 Å². The minimum atomic E-state index is -1.07. The average Bonchev–Trinajstić information content (AvgIpc) is 2.60. The van der Waals surface area contributed by atoms with Crippen molar-refractivity contribution in [3.05, 3.63) is 66.6 Å². The fourth-order valence-corrected chi connectivity index (χ4v) is 2.07. The molecule has 1 N–H and O–H groups in total. The predicted molar refractivity (Wildman–Crippen MR) is 88.6 cm³/mol. The van der Waals surface area contributed by atoms with E-state index in [-0.39, 0.29) is 27.7 Å². The molecule has 1 unspecified atom stereocenters. The Balaban J connectivity index is 0.00000288. The topological polar surface area (TPSA) is 38.7 Å². The molecule has 0 fully saturated rings. The van der Waals surface area contributed by atoms with Gasteiger partial charge in [0.25, 0.3) is 0 Å². The van der Waals surface area contributed by atoms with E-state index in [1.807, 2.05) is 48.5 Å². The van der Waals surface area contributed by atoms with Gasteiger partial charge in [-0.05, 0) is 41.8 Å². The summed E-state index contributed by atoms with van der Waals surface area (Å²) in [6.45, 7) is 3.53. The SMILES string of the molecule is [CH2-]CCOc1ccc(Cc2ccc(OCC(O)CF)cc2)cc1.[W]. The molecule has 0 radical (unpaired) electrons. The largest absolute Gasteiger partial charge is 0.496 e. The van der Waals surface area contributed by atoms with Gasteiger partial charge < -0.3 is 21.5 Å². The maximum Gasteiger partial charge on any atom is 0.119 e. The van der Waals surface area contributed by atoms with E-state index in [2.05, 4.69) is 6.92 Å². The molecule has 3 nitrogen and oxygen atoms in total. The van der Waals surface area contributed by atoms with Crippen molar-refractivity contribution in [1.82, 2.24) is 0 Å². The van der Waals surface area contributed by atoms with Crippen molar-refractivity contribution in [2.75, 3.05) is 19.9 Å². The van der Waals surface area contributed by atoms with Crippen LogP contribution in [-0.2, 0) is 27.5 Å². The Labute approximate surface area is 157 Å². The van der Waals surface area contributed by atoms with Crippen molar-refractivity contribution in [1.29, 1.82) is 0 Å². The van der Waals surface area contributed by atoms with Crippen molar-refractivity contribution < 1.29 is 40.0 Å². The van der Waals surface area contributed by atoms with Gasteiger partial charge >= 0.3 is 0 Å². The number of rotatable bonds is 9. The summed E-state index contributed by atoms with van der Waals surface area (Å²) >= 11 is 0. The molecule has 130 valence electrons. The van der Waals surface area contributed by atoms with Gasteiger partial charge in [-0.2, -0.15) is 0 Å². The van der Waals surface area contributed by atoms with Gasteiger partial charge in [0, 0.05) is 21.1 Å². The van der Waals surface area contributed by atoms with Crippen LogP contribution in [0.25, 0.3) is 0 Å². The van der Waals surface area contributed by atoms with Gasteiger partial charge in [-0.1, -0.05) is 24.3 Å². The second kappa shape index (κ2) is 11.2. The van der Waals surface area contributed by atoms with Gasteiger partial charge in [0.05, 0.1) is 6.61 Å². The van der Waals surface area contributed by atoms with Gasteiger partial charge in [0.2, 0.25) is 0 Å². The molecule has 2 rings (SSSR count).